The highest BCUT2D eigenvalue weighted by molar-refractivity contribution is 5.92. The molecule has 0 unspecified atom stereocenters. The van der Waals surface area contributed by atoms with Crippen LogP contribution in [-0.2, 0) is 19.1 Å². The first-order chi connectivity index (χ1) is 16.8. The largest absolute Gasteiger partial charge is 0.508 e. The quantitative estimate of drug-likeness (QED) is 0.406. The number of allylic oxidation sites excluding steroid dienone is 4. The molecule has 0 saturated heterocycles. The summed E-state index contributed by atoms with van der Waals surface area (Å²) in [5.74, 6) is 1.37. The fraction of sp³-hybridized carbons (Fsp3) is 0.567. The molecule has 6 nitrogen and oxygen atoms in total. The summed E-state index contributed by atoms with van der Waals surface area (Å²) in [5.41, 5.74) is 1.15. The fourth-order valence-electron chi connectivity index (χ4n) is 7.93. The van der Waals surface area contributed by atoms with E-state index in [1.54, 1.807) is 6.92 Å². The minimum atomic E-state index is -0.990. The molecule has 0 aliphatic heterocycles. The predicted molar refractivity (Wildman–Crippen MR) is 136 cm³/mol. The highest BCUT2D eigenvalue weighted by atomic mass is 16.6. The van der Waals surface area contributed by atoms with Gasteiger partial charge in [-0.1, -0.05) is 25.5 Å². The molecule has 4 aliphatic rings. The summed E-state index contributed by atoms with van der Waals surface area (Å²) >= 11 is 0. The van der Waals surface area contributed by atoms with Gasteiger partial charge in [-0.3, -0.25) is 14.4 Å². The van der Waals surface area contributed by atoms with Gasteiger partial charge in [-0.25, -0.2) is 0 Å². The van der Waals surface area contributed by atoms with Gasteiger partial charge in [0.25, 0.3) is 0 Å². The lowest BCUT2D eigenvalue weighted by Gasteiger charge is -2.58. The topological polar surface area (TPSA) is 101 Å². The van der Waals surface area contributed by atoms with Crippen molar-refractivity contribution >= 4 is 17.5 Å². The van der Waals surface area contributed by atoms with E-state index in [0.717, 1.165) is 25.7 Å². The minimum Gasteiger partial charge on any atom is -0.508 e. The van der Waals surface area contributed by atoms with E-state index >= 15 is 0 Å². The van der Waals surface area contributed by atoms with E-state index in [1.165, 1.54) is 42.3 Å². The number of benzene rings is 1. The van der Waals surface area contributed by atoms with Crippen LogP contribution in [0.5, 0.6) is 11.5 Å². The predicted octanol–water partition coefficient (Wildman–Crippen LogP) is 5.67. The van der Waals surface area contributed by atoms with Crippen molar-refractivity contribution in [3.63, 3.8) is 0 Å². The maximum absolute atomic E-state index is 12.8. The molecule has 4 aliphatic carbocycles. The molecule has 1 aromatic rings. The number of hydrogen-bond donors (Lipinski definition) is 2. The van der Waals surface area contributed by atoms with E-state index < -0.39 is 5.60 Å². The van der Waals surface area contributed by atoms with Gasteiger partial charge in [-0.05, 0) is 105 Å². The van der Waals surface area contributed by atoms with E-state index in [-0.39, 0.29) is 39.9 Å². The molecule has 2 N–H and O–H groups in total. The Kier molecular flexibility index (Phi) is 6.69. The van der Waals surface area contributed by atoms with Gasteiger partial charge in [-0.2, -0.15) is 0 Å². The third-order valence-corrected chi connectivity index (χ3v) is 9.69. The monoisotopic (exact) mass is 494 g/mol. The first kappa shape index (κ1) is 26.2. The lowest BCUT2D eigenvalue weighted by molar-refractivity contribution is -0.185. The molecule has 2 fully saturated rings. The number of aromatic hydroxyl groups is 2. The van der Waals surface area contributed by atoms with Gasteiger partial charge < -0.3 is 14.9 Å². The molecule has 5 rings (SSSR count). The summed E-state index contributed by atoms with van der Waals surface area (Å²) in [5, 5.41) is 17.3. The average molecular weight is 495 g/mol. The second kappa shape index (κ2) is 9.20. The van der Waals surface area contributed by atoms with Gasteiger partial charge in [0.2, 0.25) is 0 Å². The summed E-state index contributed by atoms with van der Waals surface area (Å²) in [6.45, 7) is 9.63. The molecule has 36 heavy (non-hydrogen) atoms. The highest BCUT2D eigenvalue weighted by Crippen LogP contribution is 2.67. The molecule has 1 aromatic carbocycles. The smallest absolute Gasteiger partial charge is 0.303 e. The van der Waals surface area contributed by atoms with E-state index in [1.807, 2.05) is 6.08 Å². The first-order valence-electron chi connectivity index (χ1n) is 13.0. The fourth-order valence-corrected chi connectivity index (χ4v) is 7.93. The zero-order valence-electron chi connectivity index (χ0n) is 22.0. The molecular formula is C30H38O6. The summed E-state index contributed by atoms with van der Waals surface area (Å²) in [6.07, 6.45) is 9.20. The molecule has 0 aromatic heterocycles. The van der Waals surface area contributed by atoms with Crippen molar-refractivity contribution in [3.05, 3.63) is 47.6 Å². The van der Waals surface area contributed by atoms with Gasteiger partial charge in [0.05, 0.1) is 0 Å². The van der Waals surface area contributed by atoms with E-state index in [9.17, 15) is 14.4 Å². The van der Waals surface area contributed by atoms with Crippen molar-refractivity contribution in [2.45, 2.75) is 78.7 Å². The molecule has 6 heteroatoms. The van der Waals surface area contributed by atoms with Gasteiger partial charge in [-0.15, -0.1) is 0 Å². The molecule has 0 radical (unpaired) electrons. The lowest BCUT2D eigenvalue weighted by Crippen LogP contribution is -2.58. The highest BCUT2D eigenvalue weighted by Gasteiger charge is 2.67. The number of ketones is 2. The van der Waals surface area contributed by atoms with E-state index in [4.69, 9.17) is 14.9 Å². The average Bonchev–Trinajstić information content (AvgIpc) is 3.10. The minimum absolute atomic E-state index is 0.0160. The van der Waals surface area contributed by atoms with Crippen LogP contribution >= 0.6 is 0 Å². The van der Waals surface area contributed by atoms with Crippen LogP contribution in [0.15, 0.2) is 47.6 Å². The van der Waals surface area contributed by atoms with Crippen LogP contribution in [-0.4, -0.2) is 33.3 Å². The Hall–Kier alpha value is -2.89. The van der Waals surface area contributed by atoms with Crippen molar-refractivity contribution in [1.29, 1.82) is 0 Å². The Morgan fingerprint density at radius 3 is 2.08 bits per heavy atom. The molecule has 194 valence electrons. The SMILES string of the molecule is CC(=O)O[C@]1(C(C)=O)CC[C@H]2[C@@H]3C=C(C)C4=CC(=O)CC[C@]4(C)[C@H]3CC[C@@]21C.Oc1ccc(O)cc1. The van der Waals surface area contributed by atoms with Crippen LogP contribution in [0.2, 0.25) is 0 Å². The number of phenolic OH excluding ortho intramolecular Hbond substituents is 2. The summed E-state index contributed by atoms with van der Waals surface area (Å²) in [6, 6.07) is 5.70. The number of carbonyl (C=O) groups excluding carboxylic acids is 3. The Labute approximate surface area is 213 Å². The molecular weight excluding hydrogens is 456 g/mol. The number of ether oxygens (including phenoxy) is 1. The summed E-state index contributed by atoms with van der Waals surface area (Å²) in [7, 11) is 0. The van der Waals surface area contributed by atoms with E-state index in [0.29, 0.717) is 30.6 Å². The van der Waals surface area contributed by atoms with Crippen molar-refractivity contribution < 1.29 is 29.3 Å². The van der Waals surface area contributed by atoms with Gasteiger partial charge >= 0.3 is 5.97 Å². The molecule has 0 amide bonds. The maximum atomic E-state index is 12.8. The number of fused-ring (bicyclic) bond motifs is 5. The molecule has 0 spiro atoms. The lowest BCUT2D eigenvalue weighted by atomic mass is 9.47. The van der Waals surface area contributed by atoms with Crippen LogP contribution in [0.3, 0.4) is 0 Å². The Morgan fingerprint density at radius 1 is 0.944 bits per heavy atom. The number of phenols is 2. The van der Waals surface area contributed by atoms with Crippen LogP contribution < -0.4 is 0 Å². The maximum Gasteiger partial charge on any atom is 0.303 e. The second-order valence-corrected chi connectivity index (χ2v) is 11.6. The van der Waals surface area contributed by atoms with Gasteiger partial charge in [0.15, 0.2) is 17.2 Å². The van der Waals surface area contributed by atoms with Crippen molar-refractivity contribution in [3.8, 4) is 11.5 Å². The second-order valence-electron chi connectivity index (χ2n) is 11.6. The molecule has 2 saturated carbocycles. The van der Waals surface area contributed by atoms with Crippen molar-refractivity contribution in [1.82, 2.24) is 0 Å². The Balaban J connectivity index is 0.000000325. The first-order valence-corrected chi connectivity index (χ1v) is 13.0. The van der Waals surface area contributed by atoms with E-state index in [2.05, 4.69) is 26.8 Å². The standard InChI is InChI=1S/C24H32O4.C6H6O2/c1-14-12-18-19(22(4)9-6-17(27)13-21(14)22)7-10-23(5)20(18)8-11-24(23,15(2)25)28-16(3)26;7-5-1-2-6(8)4-3-5/h12-13,18-20H,6-11H2,1-5H3;1-4,7-8H/t18-,19+,20+,22-,23+,24+;/m1./s1. The zero-order valence-corrected chi connectivity index (χ0v) is 22.0. The normalized spacial score (nSPS) is 36.7. The number of rotatable bonds is 2. The van der Waals surface area contributed by atoms with Gasteiger partial charge in [0, 0.05) is 18.8 Å². The molecule has 0 bridgehead atoms. The van der Waals surface area contributed by atoms with Crippen molar-refractivity contribution in [2.75, 3.05) is 0 Å². The van der Waals surface area contributed by atoms with Crippen LogP contribution in [0.1, 0.15) is 73.1 Å². The third-order valence-electron chi connectivity index (χ3n) is 9.69. The molecule has 6 atom stereocenters. The third kappa shape index (κ3) is 4.08. The number of Topliss-reactive ketones (excluding diaryl/α,β-unsaturated/α-hetero) is 1. The Morgan fingerprint density at radius 2 is 1.53 bits per heavy atom. The number of esters is 1. The summed E-state index contributed by atoms with van der Waals surface area (Å²) < 4.78 is 5.82. The van der Waals surface area contributed by atoms with Gasteiger partial charge in [0.1, 0.15) is 11.5 Å². The number of carbonyl (C=O) groups is 3. The van der Waals surface area contributed by atoms with Crippen molar-refractivity contribution in [2.24, 2.45) is 28.6 Å². The summed E-state index contributed by atoms with van der Waals surface area (Å²) in [4.78, 5) is 36.8. The number of hydrogen-bond acceptors (Lipinski definition) is 6. The van der Waals surface area contributed by atoms with Crippen LogP contribution in [0.25, 0.3) is 0 Å². The Bertz CT molecular complexity index is 1110. The zero-order chi connectivity index (χ0) is 26.5. The molecule has 0 heterocycles. The van der Waals surface area contributed by atoms with Crippen LogP contribution in [0.4, 0.5) is 0 Å². The van der Waals surface area contributed by atoms with Crippen LogP contribution in [0, 0.1) is 28.6 Å².